The topological polar surface area (TPSA) is 104 Å². The minimum atomic E-state index is -0.777. The van der Waals surface area contributed by atoms with Crippen LogP contribution in [0.25, 0.3) is 17.0 Å². The summed E-state index contributed by atoms with van der Waals surface area (Å²) in [5, 5.41) is 12.3. The number of benzene rings is 2. The van der Waals surface area contributed by atoms with Gasteiger partial charge in [0, 0.05) is 17.1 Å². The van der Waals surface area contributed by atoms with Gasteiger partial charge in [-0.05, 0) is 29.3 Å². The molecule has 0 spiro atoms. The number of aromatic amines is 1. The van der Waals surface area contributed by atoms with Crippen molar-refractivity contribution in [1.29, 1.82) is 5.26 Å². The van der Waals surface area contributed by atoms with E-state index in [0.717, 1.165) is 11.1 Å². The summed E-state index contributed by atoms with van der Waals surface area (Å²) in [7, 11) is 1.22. The highest BCUT2D eigenvalue weighted by Gasteiger charge is 2.15. The molecule has 7 nitrogen and oxygen atoms in total. The first-order chi connectivity index (χ1) is 13.6. The molecule has 0 saturated heterocycles. The maximum Gasteiger partial charge on any atom is 0.412 e. The van der Waals surface area contributed by atoms with E-state index in [2.05, 4.69) is 16.4 Å². The molecule has 0 atom stereocenters. The largest absolute Gasteiger partial charge is 0.464 e. The number of methoxy groups -OCH3 is 1. The van der Waals surface area contributed by atoms with Crippen LogP contribution in [0.2, 0.25) is 0 Å². The number of alkyl carbamates (subject to hydrolysis) is 1. The Labute approximate surface area is 161 Å². The minimum Gasteiger partial charge on any atom is -0.464 e. The molecule has 3 aromatic rings. The Morgan fingerprint density at radius 3 is 2.71 bits per heavy atom. The molecular formula is C21H17N3O4. The minimum absolute atomic E-state index is 0.0714. The maximum atomic E-state index is 12.1. The van der Waals surface area contributed by atoms with Gasteiger partial charge < -0.3 is 14.5 Å². The third kappa shape index (κ3) is 4.37. The van der Waals surface area contributed by atoms with Crippen LogP contribution in [0.3, 0.4) is 0 Å². The molecule has 0 unspecified atom stereocenters. The Morgan fingerprint density at radius 1 is 1.21 bits per heavy atom. The zero-order chi connectivity index (χ0) is 19.9. The number of hydrogen-bond acceptors (Lipinski definition) is 5. The number of rotatable bonds is 5. The number of esters is 1. The SMILES string of the molecule is COC(=O)/C(=C/c1ccc2[nH]cc(C#N)c2c1)NC(=O)OCc1ccccc1. The van der Waals surface area contributed by atoms with E-state index in [9.17, 15) is 9.59 Å². The second kappa shape index (κ2) is 8.56. The molecule has 1 amide bonds. The molecule has 1 aromatic heterocycles. The summed E-state index contributed by atoms with van der Waals surface area (Å²) in [6.45, 7) is 0.0714. The maximum absolute atomic E-state index is 12.1. The third-order valence-electron chi connectivity index (χ3n) is 3.99. The lowest BCUT2D eigenvalue weighted by Crippen LogP contribution is -2.28. The van der Waals surface area contributed by atoms with E-state index in [0.29, 0.717) is 16.5 Å². The van der Waals surface area contributed by atoms with Crippen LogP contribution >= 0.6 is 0 Å². The first-order valence-electron chi connectivity index (χ1n) is 8.39. The zero-order valence-electron chi connectivity index (χ0n) is 15.1. The van der Waals surface area contributed by atoms with Gasteiger partial charge in [-0.15, -0.1) is 0 Å². The van der Waals surface area contributed by atoms with E-state index in [1.54, 1.807) is 24.4 Å². The van der Waals surface area contributed by atoms with Crippen LogP contribution in [0.15, 0.2) is 60.4 Å². The summed E-state index contributed by atoms with van der Waals surface area (Å²) in [5.41, 5.74) is 2.65. The fourth-order valence-electron chi connectivity index (χ4n) is 2.61. The molecule has 0 radical (unpaired) electrons. The van der Waals surface area contributed by atoms with Crippen LogP contribution in [0.4, 0.5) is 4.79 Å². The Morgan fingerprint density at radius 2 is 2.00 bits per heavy atom. The highest BCUT2D eigenvalue weighted by atomic mass is 16.6. The van der Waals surface area contributed by atoms with Gasteiger partial charge in [0.1, 0.15) is 18.4 Å². The van der Waals surface area contributed by atoms with Crippen LogP contribution in [0, 0.1) is 11.3 Å². The molecule has 3 rings (SSSR count). The van der Waals surface area contributed by atoms with Crippen molar-refractivity contribution in [3.63, 3.8) is 0 Å². The second-order valence-corrected chi connectivity index (χ2v) is 5.86. The number of carbonyl (C=O) groups is 2. The molecule has 0 bridgehead atoms. The number of aromatic nitrogens is 1. The summed E-state index contributed by atoms with van der Waals surface area (Å²) in [4.78, 5) is 27.1. The summed E-state index contributed by atoms with van der Waals surface area (Å²) < 4.78 is 9.87. The van der Waals surface area contributed by atoms with Crippen molar-refractivity contribution < 1.29 is 19.1 Å². The number of nitrogens with zero attached hydrogens (tertiary/aromatic N) is 1. The van der Waals surface area contributed by atoms with Crippen molar-refractivity contribution in [2.45, 2.75) is 6.61 Å². The monoisotopic (exact) mass is 375 g/mol. The Kier molecular flexibility index (Phi) is 5.72. The first kappa shape index (κ1) is 18.7. The average molecular weight is 375 g/mol. The van der Waals surface area contributed by atoms with Gasteiger partial charge in [-0.2, -0.15) is 5.26 Å². The van der Waals surface area contributed by atoms with Crippen LogP contribution in [0.1, 0.15) is 16.7 Å². The fraction of sp³-hybridized carbons (Fsp3) is 0.0952. The first-order valence-corrected chi connectivity index (χ1v) is 8.39. The number of nitrogens with one attached hydrogen (secondary N) is 2. The summed E-state index contributed by atoms with van der Waals surface area (Å²) >= 11 is 0. The van der Waals surface area contributed by atoms with Crippen molar-refractivity contribution in [3.8, 4) is 6.07 Å². The zero-order valence-corrected chi connectivity index (χ0v) is 15.1. The van der Waals surface area contributed by atoms with Crippen molar-refractivity contribution in [2.24, 2.45) is 0 Å². The molecule has 28 heavy (non-hydrogen) atoms. The molecule has 0 saturated carbocycles. The summed E-state index contributed by atoms with van der Waals surface area (Å²) in [6.07, 6.45) is 2.29. The highest BCUT2D eigenvalue weighted by Crippen LogP contribution is 2.20. The van der Waals surface area contributed by atoms with E-state index >= 15 is 0 Å². The number of H-pyrrole nitrogens is 1. The van der Waals surface area contributed by atoms with Crippen molar-refractivity contribution in [3.05, 3.63) is 77.1 Å². The van der Waals surface area contributed by atoms with Gasteiger partial charge in [0.15, 0.2) is 0 Å². The number of amides is 1. The molecular weight excluding hydrogens is 358 g/mol. The molecule has 0 aliphatic heterocycles. The van der Waals surface area contributed by atoms with Crippen LogP contribution in [0.5, 0.6) is 0 Å². The van der Waals surface area contributed by atoms with Gasteiger partial charge in [0.2, 0.25) is 0 Å². The third-order valence-corrected chi connectivity index (χ3v) is 3.99. The molecule has 1 heterocycles. The van der Waals surface area contributed by atoms with E-state index in [4.69, 9.17) is 14.7 Å². The molecule has 7 heteroatoms. The van der Waals surface area contributed by atoms with Gasteiger partial charge in [-0.3, -0.25) is 5.32 Å². The number of hydrogen-bond donors (Lipinski definition) is 2. The van der Waals surface area contributed by atoms with E-state index in [1.807, 2.05) is 30.3 Å². The molecule has 0 aliphatic carbocycles. The van der Waals surface area contributed by atoms with Crippen molar-refractivity contribution in [2.75, 3.05) is 7.11 Å². The predicted molar refractivity (Wildman–Crippen MR) is 103 cm³/mol. The molecule has 2 N–H and O–H groups in total. The molecule has 2 aromatic carbocycles. The lowest BCUT2D eigenvalue weighted by Gasteiger charge is -2.09. The summed E-state index contributed by atoms with van der Waals surface area (Å²) in [5.74, 6) is -0.716. The predicted octanol–water partition coefficient (Wildman–Crippen LogP) is 3.48. The van der Waals surface area contributed by atoms with Crippen LogP contribution in [-0.2, 0) is 20.9 Å². The standard InChI is InChI=1S/C21H17N3O4/c1-27-20(25)19(24-21(26)28-13-14-5-3-2-4-6-14)10-15-7-8-18-17(9-15)16(11-22)12-23-18/h2-10,12,23H,13H2,1H3,(H,24,26)/b19-10-. The van der Waals surface area contributed by atoms with Crippen LogP contribution in [-0.4, -0.2) is 24.2 Å². The Hall–Kier alpha value is -4.05. The molecule has 0 fully saturated rings. The smallest absolute Gasteiger partial charge is 0.412 e. The second-order valence-electron chi connectivity index (χ2n) is 5.86. The van der Waals surface area contributed by atoms with Gasteiger partial charge in [-0.1, -0.05) is 36.4 Å². The number of fused-ring (bicyclic) bond motifs is 1. The Bertz CT molecular complexity index is 1080. The number of carbonyl (C=O) groups excluding carboxylic acids is 2. The fourth-order valence-corrected chi connectivity index (χ4v) is 2.61. The van der Waals surface area contributed by atoms with E-state index in [-0.39, 0.29) is 12.3 Å². The molecule has 140 valence electrons. The molecule has 0 aliphatic rings. The van der Waals surface area contributed by atoms with Crippen molar-refractivity contribution >= 4 is 29.0 Å². The lowest BCUT2D eigenvalue weighted by atomic mass is 10.1. The van der Waals surface area contributed by atoms with Gasteiger partial charge in [-0.25, -0.2) is 9.59 Å². The highest BCUT2D eigenvalue weighted by molar-refractivity contribution is 5.97. The lowest BCUT2D eigenvalue weighted by molar-refractivity contribution is -0.136. The van der Waals surface area contributed by atoms with Gasteiger partial charge in [0.25, 0.3) is 0 Å². The van der Waals surface area contributed by atoms with Gasteiger partial charge >= 0.3 is 12.1 Å². The Balaban J connectivity index is 1.78. The van der Waals surface area contributed by atoms with E-state index < -0.39 is 12.1 Å². The normalized spacial score (nSPS) is 10.9. The van der Waals surface area contributed by atoms with Crippen LogP contribution < -0.4 is 5.32 Å². The van der Waals surface area contributed by atoms with Crippen molar-refractivity contribution in [1.82, 2.24) is 10.3 Å². The number of nitriles is 1. The quantitative estimate of drug-likeness (QED) is 0.525. The summed E-state index contributed by atoms with van der Waals surface area (Å²) in [6, 6.07) is 16.5. The average Bonchev–Trinajstić information content (AvgIpc) is 3.14. The van der Waals surface area contributed by atoms with Gasteiger partial charge in [0.05, 0.1) is 12.7 Å². The van der Waals surface area contributed by atoms with E-state index in [1.165, 1.54) is 13.2 Å². The number of ether oxygens (including phenoxy) is 2.